The van der Waals surface area contributed by atoms with Crippen molar-refractivity contribution in [2.75, 3.05) is 65.7 Å². The molecule has 0 aromatic heterocycles. The summed E-state index contributed by atoms with van der Waals surface area (Å²) < 4.78 is 24.7. The van der Waals surface area contributed by atoms with Crippen LogP contribution in [0.2, 0.25) is 0 Å². The fraction of sp³-hybridized carbons (Fsp3) is 0.629. The summed E-state index contributed by atoms with van der Waals surface area (Å²) in [6, 6.07) is 12.0. The molecule has 228 valence electrons. The van der Waals surface area contributed by atoms with E-state index >= 15 is 0 Å². The Hall–Kier alpha value is -2.77. The van der Waals surface area contributed by atoms with Crippen LogP contribution in [-0.4, -0.2) is 81.3 Å². The Bertz CT molecular complexity index is 1080. The van der Waals surface area contributed by atoms with Crippen molar-refractivity contribution in [3.63, 3.8) is 0 Å². The number of ketones is 1. The summed E-state index contributed by atoms with van der Waals surface area (Å²) in [6.45, 7) is 9.32. The second kappa shape index (κ2) is 14.6. The first-order valence-corrected chi connectivity index (χ1v) is 16.5. The molecule has 0 amide bonds. The summed E-state index contributed by atoms with van der Waals surface area (Å²) in [5.74, 6) is 2.84. The SMILES string of the molecule is O=C(C1CCOc2c(OCCCN3CCCCC3)cccc21)C1CCOc2c(OCCCN3CCCCC3)cccc21. The van der Waals surface area contributed by atoms with Crippen LogP contribution in [0.25, 0.3) is 0 Å². The maximum atomic E-state index is 14.2. The van der Waals surface area contributed by atoms with Crippen LogP contribution < -0.4 is 18.9 Å². The predicted molar refractivity (Wildman–Crippen MR) is 164 cm³/mol. The lowest BCUT2D eigenvalue weighted by molar-refractivity contribution is -0.123. The zero-order valence-corrected chi connectivity index (χ0v) is 25.2. The van der Waals surface area contributed by atoms with E-state index in [4.69, 9.17) is 18.9 Å². The average Bonchev–Trinajstić information content (AvgIpc) is 3.05. The lowest BCUT2D eigenvalue weighted by atomic mass is 9.78. The van der Waals surface area contributed by atoms with Gasteiger partial charge in [0.1, 0.15) is 5.78 Å². The maximum absolute atomic E-state index is 14.2. The van der Waals surface area contributed by atoms with Gasteiger partial charge in [-0.15, -0.1) is 0 Å². The Kier molecular flexibility index (Phi) is 10.2. The summed E-state index contributed by atoms with van der Waals surface area (Å²) in [7, 11) is 0. The molecule has 7 nitrogen and oxygen atoms in total. The highest BCUT2D eigenvalue weighted by molar-refractivity contribution is 5.93. The summed E-state index contributed by atoms with van der Waals surface area (Å²) in [5, 5.41) is 0. The summed E-state index contributed by atoms with van der Waals surface area (Å²) in [5.41, 5.74) is 1.91. The minimum atomic E-state index is -0.212. The third-order valence-electron chi connectivity index (χ3n) is 9.41. The number of ether oxygens (including phenoxy) is 4. The molecule has 2 aromatic rings. The molecule has 0 N–H and O–H groups in total. The number of benzene rings is 2. The van der Waals surface area contributed by atoms with Crippen molar-refractivity contribution in [3.8, 4) is 23.0 Å². The molecule has 2 fully saturated rings. The highest BCUT2D eigenvalue weighted by Crippen LogP contribution is 2.47. The van der Waals surface area contributed by atoms with E-state index in [1.165, 1.54) is 64.7 Å². The predicted octanol–water partition coefficient (Wildman–Crippen LogP) is 6.20. The van der Waals surface area contributed by atoms with Gasteiger partial charge < -0.3 is 28.7 Å². The van der Waals surface area contributed by atoms with E-state index in [0.29, 0.717) is 39.3 Å². The molecule has 42 heavy (non-hydrogen) atoms. The molecule has 7 heteroatoms. The van der Waals surface area contributed by atoms with Gasteiger partial charge in [-0.05, 0) is 89.7 Å². The summed E-state index contributed by atoms with van der Waals surface area (Å²) >= 11 is 0. The smallest absolute Gasteiger partial charge is 0.165 e. The Balaban J connectivity index is 1.09. The van der Waals surface area contributed by atoms with Crippen LogP contribution in [0.5, 0.6) is 23.0 Å². The number of para-hydroxylation sites is 2. The van der Waals surface area contributed by atoms with Gasteiger partial charge in [-0.1, -0.05) is 37.1 Å². The summed E-state index contributed by atoms with van der Waals surface area (Å²) in [6.07, 6.45) is 11.3. The number of rotatable bonds is 12. The first-order chi connectivity index (χ1) is 20.8. The van der Waals surface area contributed by atoms with Gasteiger partial charge in [-0.3, -0.25) is 4.79 Å². The number of Topliss-reactive ketones (excluding diaryl/α,β-unsaturated/α-hetero) is 1. The molecule has 6 rings (SSSR count). The number of carbonyl (C=O) groups excluding carboxylic acids is 1. The fourth-order valence-corrected chi connectivity index (χ4v) is 7.16. The van der Waals surface area contributed by atoms with E-state index in [0.717, 1.165) is 60.1 Å². The molecule has 4 heterocycles. The monoisotopic (exact) mass is 576 g/mol. The second-order valence-corrected chi connectivity index (χ2v) is 12.3. The van der Waals surface area contributed by atoms with Crippen LogP contribution in [0.4, 0.5) is 0 Å². The van der Waals surface area contributed by atoms with Crippen LogP contribution in [0.3, 0.4) is 0 Å². The molecular weight excluding hydrogens is 528 g/mol. The highest BCUT2D eigenvalue weighted by atomic mass is 16.5. The van der Waals surface area contributed by atoms with Gasteiger partial charge in [-0.25, -0.2) is 0 Å². The molecule has 2 atom stereocenters. The lowest BCUT2D eigenvalue weighted by Gasteiger charge is -2.32. The molecule has 2 unspecified atom stereocenters. The molecule has 0 aliphatic carbocycles. The van der Waals surface area contributed by atoms with Crippen LogP contribution in [0.1, 0.15) is 87.2 Å². The largest absolute Gasteiger partial charge is 0.490 e. The van der Waals surface area contributed by atoms with Gasteiger partial charge in [0.2, 0.25) is 0 Å². The minimum absolute atomic E-state index is 0.212. The highest BCUT2D eigenvalue weighted by Gasteiger charge is 2.37. The van der Waals surface area contributed by atoms with Crippen molar-refractivity contribution in [3.05, 3.63) is 47.5 Å². The van der Waals surface area contributed by atoms with Gasteiger partial charge in [0.15, 0.2) is 23.0 Å². The number of nitrogens with zero attached hydrogens (tertiary/aromatic N) is 2. The maximum Gasteiger partial charge on any atom is 0.165 e. The second-order valence-electron chi connectivity index (χ2n) is 12.3. The molecule has 2 aromatic carbocycles. The molecule has 0 radical (unpaired) electrons. The van der Waals surface area contributed by atoms with E-state index in [1.54, 1.807) is 0 Å². The van der Waals surface area contributed by atoms with Crippen LogP contribution >= 0.6 is 0 Å². The first-order valence-electron chi connectivity index (χ1n) is 16.5. The van der Waals surface area contributed by atoms with Crippen molar-refractivity contribution in [2.24, 2.45) is 0 Å². The van der Waals surface area contributed by atoms with E-state index in [9.17, 15) is 4.79 Å². The Morgan fingerprint density at radius 2 is 1.12 bits per heavy atom. The molecule has 4 aliphatic rings. The molecular formula is C35H48N2O5. The molecule has 0 spiro atoms. The van der Waals surface area contributed by atoms with Crippen molar-refractivity contribution >= 4 is 5.78 Å². The lowest BCUT2D eigenvalue weighted by Crippen LogP contribution is -2.31. The van der Waals surface area contributed by atoms with Crippen LogP contribution in [0, 0.1) is 0 Å². The van der Waals surface area contributed by atoms with Crippen molar-refractivity contribution in [2.45, 2.75) is 76.0 Å². The molecule has 0 saturated carbocycles. The Labute approximate surface area is 251 Å². The zero-order valence-electron chi connectivity index (χ0n) is 25.2. The van der Waals surface area contributed by atoms with E-state index in [1.807, 2.05) is 36.4 Å². The third kappa shape index (κ3) is 7.05. The number of hydrogen-bond donors (Lipinski definition) is 0. The number of hydrogen-bond acceptors (Lipinski definition) is 7. The van der Waals surface area contributed by atoms with E-state index < -0.39 is 0 Å². The van der Waals surface area contributed by atoms with E-state index in [-0.39, 0.29) is 17.6 Å². The standard InChI is InChI=1S/C35H48N2O5/c38-33(27-15-25-41-34-29(27)11-7-13-31(34)39-23-9-21-36-17-3-1-4-18-36)28-16-26-42-35-30(28)12-8-14-32(35)40-24-10-22-37-19-5-2-6-20-37/h7-8,11-14,27-28H,1-6,9-10,15-26H2. The molecule has 0 bridgehead atoms. The minimum Gasteiger partial charge on any atom is -0.490 e. The van der Waals surface area contributed by atoms with Crippen LogP contribution in [-0.2, 0) is 4.79 Å². The van der Waals surface area contributed by atoms with Gasteiger partial charge in [0.25, 0.3) is 0 Å². The van der Waals surface area contributed by atoms with Crippen molar-refractivity contribution in [1.29, 1.82) is 0 Å². The van der Waals surface area contributed by atoms with Crippen molar-refractivity contribution < 1.29 is 23.7 Å². The zero-order chi connectivity index (χ0) is 28.6. The Morgan fingerprint density at radius 3 is 1.57 bits per heavy atom. The van der Waals surface area contributed by atoms with Gasteiger partial charge in [0, 0.05) is 24.2 Å². The molecule has 4 aliphatic heterocycles. The van der Waals surface area contributed by atoms with Gasteiger partial charge in [0.05, 0.1) is 38.3 Å². The van der Waals surface area contributed by atoms with Crippen molar-refractivity contribution in [1.82, 2.24) is 9.80 Å². The average molecular weight is 577 g/mol. The third-order valence-corrected chi connectivity index (χ3v) is 9.41. The van der Waals surface area contributed by atoms with E-state index in [2.05, 4.69) is 9.80 Å². The fourth-order valence-electron chi connectivity index (χ4n) is 7.16. The quantitative estimate of drug-likeness (QED) is 0.279. The number of likely N-dealkylation sites (tertiary alicyclic amines) is 2. The number of carbonyl (C=O) groups is 1. The topological polar surface area (TPSA) is 60.5 Å². The Morgan fingerprint density at radius 1 is 0.667 bits per heavy atom. The summed E-state index contributed by atoms with van der Waals surface area (Å²) in [4.78, 5) is 19.2. The number of fused-ring (bicyclic) bond motifs is 2. The van der Waals surface area contributed by atoms with Crippen LogP contribution in [0.15, 0.2) is 36.4 Å². The normalized spacial score (nSPS) is 22.8. The number of piperidine rings is 2. The van der Waals surface area contributed by atoms with Gasteiger partial charge >= 0.3 is 0 Å². The van der Waals surface area contributed by atoms with Gasteiger partial charge in [-0.2, -0.15) is 0 Å². The first kappa shape index (κ1) is 29.3. The molecule has 2 saturated heterocycles.